The van der Waals surface area contributed by atoms with Gasteiger partial charge in [0.1, 0.15) is 5.82 Å². The number of rotatable bonds is 3. The maximum Gasteiger partial charge on any atom is 0.141 e. The van der Waals surface area contributed by atoms with E-state index in [1.807, 2.05) is 36.5 Å². The summed E-state index contributed by atoms with van der Waals surface area (Å²) in [5.41, 5.74) is 2.55. The molecule has 0 amide bonds. The van der Waals surface area contributed by atoms with Crippen LogP contribution in [0.4, 0.5) is 4.39 Å². The molecule has 3 nitrogen and oxygen atoms in total. The number of benzene rings is 1. The minimum atomic E-state index is -0.343. The minimum Gasteiger partial charge on any atom is -0.268 e. The van der Waals surface area contributed by atoms with Gasteiger partial charge in [-0.05, 0) is 29.8 Å². The molecular weight excluding hydrogens is 277 g/mol. The van der Waals surface area contributed by atoms with Gasteiger partial charge in [-0.1, -0.05) is 23.7 Å². The Morgan fingerprint density at radius 3 is 2.85 bits per heavy atom. The van der Waals surface area contributed by atoms with Crippen molar-refractivity contribution in [1.29, 1.82) is 0 Å². The van der Waals surface area contributed by atoms with E-state index in [4.69, 9.17) is 11.6 Å². The van der Waals surface area contributed by atoms with Gasteiger partial charge >= 0.3 is 0 Å². The van der Waals surface area contributed by atoms with Gasteiger partial charge in [0.2, 0.25) is 0 Å². The van der Waals surface area contributed by atoms with E-state index >= 15 is 0 Å². The van der Waals surface area contributed by atoms with E-state index in [0.29, 0.717) is 11.6 Å². The van der Waals surface area contributed by atoms with Crippen molar-refractivity contribution in [2.75, 3.05) is 0 Å². The topological polar surface area (TPSA) is 30.7 Å². The average Bonchev–Trinajstić information content (AvgIpc) is 2.87. The fraction of sp³-hybridized carbons (Fsp3) is 0.0667. The number of aromatic nitrogens is 3. The van der Waals surface area contributed by atoms with E-state index in [9.17, 15) is 4.39 Å². The third kappa shape index (κ3) is 2.86. The summed E-state index contributed by atoms with van der Waals surface area (Å²) < 4.78 is 14.8. The zero-order valence-corrected chi connectivity index (χ0v) is 11.3. The van der Waals surface area contributed by atoms with Gasteiger partial charge in [-0.15, -0.1) is 0 Å². The molecule has 0 aliphatic heterocycles. The van der Waals surface area contributed by atoms with Crippen molar-refractivity contribution in [3.8, 4) is 11.3 Å². The largest absolute Gasteiger partial charge is 0.268 e. The fourth-order valence-corrected chi connectivity index (χ4v) is 2.17. The highest BCUT2D eigenvalue weighted by atomic mass is 35.5. The zero-order valence-electron chi connectivity index (χ0n) is 10.5. The minimum absolute atomic E-state index is 0.343. The second-order valence-corrected chi connectivity index (χ2v) is 4.86. The van der Waals surface area contributed by atoms with Crippen molar-refractivity contribution in [3.63, 3.8) is 0 Å². The highest BCUT2D eigenvalue weighted by molar-refractivity contribution is 6.30. The van der Waals surface area contributed by atoms with Crippen LogP contribution >= 0.6 is 11.6 Å². The smallest absolute Gasteiger partial charge is 0.141 e. The van der Waals surface area contributed by atoms with Crippen LogP contribution in [-0.4, -0.2) is 14.8 Å². The molecule has 0 spiro atoms. The van der Waals surface area contributed by atoms with Crippen molar-refractivity contribution in [3.05, 3.63) is 71.4 Å². The molecule has 3 rings (SSSR count). The SMILES string of the molecule is Fc1cncc(Cn2ccc(-c3cccc(Cl)c3)n2)c1. The molecule has 0 atom stereocenters. The van der Waals surface area contributed by atoms with Crippen LogP contribution in [0.15, 0.2) is 55.0 Å². The van der Waals surface area contributed by atoms with Crippen LogP contribution in [0.25, 0.3) is 11.3 Å². The highest BCUT2D eigenvalue weighted by Crippen LogP contribution is 2.21. The quantitative estimate of drug-likeness (QED) is 0.734. The molecule has 20 heavy (non-hydrogen) atoms. The number of hydrogen-bond acceptors (Lipinski definition) is 2. The van der Waals surface area contributed by atoms with Gasteiger partial charge in [0.15, 0.2) is 0 Å². The first kappa shape index (κ1) is 12.8. The van der Waals surface area contributed by atoms with Crippen LogP contribution in [-0.2, 0) is 6.54 Å². The molecule has 0 fully saturated rings. The Balaban J connectivity index is 1.84. The number of pyridine rings is 1. The second kappa shape index (κ2) is 5.43. The Bertz CT molecular complexity index is 739. The molecule has 0 N–H and O–H groups in total. The summed E-state index contributed by atoms with van der Waals surface area (Å²) in [6.07, 6.45) is 4.66. The van der Waals surface area contributed by atoms with Crippen LogP contribution in [0.1, 0.15) is 5.56 Å². The molecule has 5 heteroatoms. The maximum absolute atomic E-state index is 13.1. The highest BCUT2D eigenvalue weighted by Gasteiger charge is 2.04. The normalized spacial score (nSPS) is 10.7. The van der Waals surface area contributed by atoms with Gasteiger partial charge < -0.3 is 0 Å². The van der Waals surface area contributed by atoms with E-state index in [1.54, 1.807) is 10.9 Å². The summed E-state index contributed by atoms with van der Waals surface area (Å²) in [6.45, 7) is 0.478. The van der Waals surface area contributed by atoms with Crippen LogP contribution in [0, 0.1) is 5.82 Å². The van der Waals surface area contributed by atoms with Gasteiger partial charge in [-0.2, -0.15) is 5.10 Å². The fourth-order valence-electron chi connectivity index (χ4n) is 1.98. The second-order valence-electron chi connectivity index (χ2n) is 4.42. The maximum atomic E-state index is 13.1. The van der Waals surface area contributed by atoms with E-state index in [-0.39, 0.29) is 5.82 Å². The third-order valence-corrected chi connectivity index (χ3v) is 3.10. The molecule has 3 aromatic rings. The molecule has 0 saturated heterocycles. The van der Waals surface area contributed by atoms with Crippen molar-refractivity contribution in [2.24, 2.45) is 0 Å². The summed E-state index contributed by atoms with van der Waals surface area (Å²) in [5.74, 6) is -0.343. The summed E-state index contributed by atoms with van der Waals surface area (Å²) in [5, 5.41) is 5.13. The predicted molar refractivity (Wildman–Crippen MR) is 76.0 cm³/mol. The van der Waals surface area contributed by atoms with E-state index in [1.165, 1.54) is 12.3 Å². The Morgan fingerprint density at radius 2 is 2.05 bits per heavy atom. The zero-order chi connectivity index (χ0) is 13.9. The lowest BCUT2D eigenvalue weighted by Crippen LogP contribution is -2.01. The first-order chi connectivity index (χ1) is 9.70. The van der Waals surface area contributed by atoms with Gasteiger partial charge in [0.25, 0.3) is 0 Å². The Morgan fingerprint density at radius 1 is 1.15 bits per heavy atom. The summed E-state index contributed by atoms with van der Waals surface area (Å²) in [7, 11) is 0. The molecule has 0 radical (unpaired) electrons. The molecule has 0 aliphatic rings. The predicted octanol–water partition coefficient (Wildman–Crippen LogP) is 3.79. The Kier molecular flexibility index (Phi) is 3.48. The molecule has 100 valence electrons. The molecular formula is C15H11ClFN3. The molecule has 0 bridgehead atoms. The average molecular weight is 288 g/mol. The van der Waals surface area contributed by atoms with Crippen molar-refractivity contribution < 1.29 is 4.39 Å². The van der Waals surface area contributed by atoms with Gasteiger partial charge in [0.05, 0.1) is 18.4 Å². The number of nitrogens with zero attached hydrogens (tertiary/aromatic N) is 3. The molecule has 0 saturated carbocycles. The van der Waals surface area contributed by atoms with Crippen LogP contribution in [0.2, 0.25) is 5.02 Å². The van der Waals surface area contributed by atoms with Gasteiger partial charge in [0, 0.05) is 23.0 Å². The molecule has 0 aliphatic carbocycles. The van der Waals surface area contributed by atoms with Crippen molar-refractivity contribution >= 4 is 11.6 Å². The lowest BCUT2D eigenvalue weighted by Gasteiger charge is -2.02. The van der Waals surface area contributed by atoms with Gasteiger partial charge in [-0.25, -0.2) is 4.39 Å². The van der Waals surface area contributed by atoms with Crippen molar-refractivity contribution in [2.45, 2.75) is 6.54 Å². The third-order valence-electron chi connectivity index (χ3n) is 2.87. The lowest BCUT2D eigenvalue weighted by molar-refractivity contribution is 0.612. The van der Waals surface area contributed by atoms with Crippen LogP contribution in [0.3, 0.4) is 0 Å². The summed E-state index contributed by atoms with van der Waals surface area (Å²) in [6, 6.07) is 10.9. The number of hydrogen-bond donors (Lipinski definition) is 0. The molecule has 2 aromatic heterocycles. The molecule has 0 unspecified atom stereocenters. The van der Waals surface area contributed by atoms with Crippen molar-refractivity contribution in [1.82, 2.24) is 14.8 Å². The first-order valence-corrected chi connectivity index (χ1v) is 6.47. The Hall–Kier alpha value is -2.20. The standard InChI is InChI=1S/C15H11ClFN3/c16-13-3-1-2-12(7-13)15-4-5-20(19-15)10-11-6-14(17)9-18-8-11/h1-9H,10H2. The lowest BCUT2D eigenvalue weighted by atomic mass is 10.2. The monoisotopic (exact) mass is 287 g/mol. The number of halogens is 2. The van der Waals surface area contributed by atoms with Crippen LogP contribution in [0.5, 0.6) is 0 Å². The molecule has 1 aromatic carbocycles. The van der Waals surface area contributed by atoms with Gasteiger partial charge in [-0.3, -0.25) is 9.67 Å². The Labute approximate surface area is 120 Å². The summed E-state index contributed by atoms with van der Waals surface area (Å²) >= 11 is 5.96. The van der Waals surface area contributed by atoms with Crippen LogP contribution < -0.4 is 0 Å². The van der Waals surface area contributed by atoms with E-state index < -0.39 is 0 Å². The van der Waals surface area contributed by atoms with E-state index in [0.717, 1.165) is 16.8 Å². The first-order valence-electron chi connectivity index (χ1n) is 6.09. The van der Waals surface area contributed by atoms with E-state index in [2.05, 4.69) is 10.1 Å². The molecule has 2 heterocycles. The summed E-state index contributed by atoms with van der Waals surface area (Å²) in [4.78, 5) is 3.82.